The number of hydrogen-bond donors (Lipinski definition) is 0. The van der Waals surface area contributed by atoms with E-state index in [1.165, 1.54) is 12.1 Å². The molecule has 5 nitrogen and oxygen atoms in total. The fourth-order valence-corrected chi connectivity index (χ4v) is 10.2. The Bertz CT molecular complexity index is 4110. The Labute approximate surface area is 407 Å². The molecule has 0 aliphatic heterocycles. The monoisotopic (exact) mass is 951 g/mol. The van der Waals surface area contributed by atoms with Gasteiger partial charge < -0.3 is 9.13 Å². The second-order valence-corrected chi connectivity index (χ2v) is 17.5. The maximum absolute atomic E-state index is 15.3. The number of hydrogen-bond acceptors (Lipinski definition) is 3. The number of para-hydroxylation sites is 2. The fourth-order valence-electron chi connectivity index (χ4n) is 10.2. The van der Waals surface area contributed by atoms with Crippen LogP contribution in [0.2, 0.25) is 0 Å². The van der Waals surface area contributed by atoms with Crippen LogP contribution in [0.3, 0.4) is 0 Å². The second-order valence-electron chi connectivity index (χ2n) is 17.5. The summed E-state index contributed by atoms with van der Waals surface area (Å²) in [5.74, 6) is 0. The molecule has 4 heterocycles. The summed E-state index contributed by atoms with van der Waals surface area (Å²) in [7, 11) is 0. The highest BCUT2D eigenvalue weighted by Crippen LogP contribution is 2.49. The average molecular weight is 952 g/mol. The summed E-state index contributed by atoms with van der Waals surface area (Å²) < 4.78 is 95.1. The molecule has 12 aromatic rings. The minimum atomic E-state index is -5.21. The SMILES string of the molecule is N#Cc1c(-n2c3ccccc3c3cc(-c4ccnc(-c5ccccc5)c4)ccc32)ccc(-c2c(C(F)(F)F)cccc2C(F)(F)F)c1-n1c2ccccc2c2cc(-c3ccnc(-c4ccccc4)c3)ccc21. The predicted octanol–water partition coefficient (Wildman–Crippen LogP) is 16.9. The number of fused-ring (bicyclic) bond motifs is 6. The summed E-state index contributed by atoms with van der Waals surface area (Å²) in [6.07, 6.45) is -6.95. The van der Waals surface area contributed by atoms with Crippen LogP contribution in [0, 0.1) is 11.3 Å². The van der Waals surface area contributed by atoms with Crippen molar-refractivity contribution >= 4 is 43.6 Å². The van der Waals surface area contributed by atoms with Crippen LogP contribution >= 0.6 is 0 Å². The highest BCUT2D eigenvalue weighted by Gasteiger charge is 2.42. The summed E-state index contributed by atoms with van der Waals surface area (Å²) in [5.41, 5.74) is 4.62. The Kier molecular flexibility index (Phi) is 10.4. The lowest BCUT2D eigenvalue weighted by Crippen LogP contribution is -2.16. The topological polar surface area (TPSA) is 59.4 Å². The third-order valence-corrected chi connectivity index (χ3v) is 13.3. The number of nitrogens with zero attached hydrogens (tertiary/aromatic N) is 5. The van der Waals surface area contributed by atoms with Gasteiger partial charge in [-0.1, -0.05) is 121 Å². The molecule has 12 rings (SSSR count). The summed E-state index contributed by atoms with van der Waals surface area (Å²) in [4.78, 5) is 9.21. The van der Waals surface area contributed by atoms with Crippen LogP contribution in [0.25, 0.3) is 111 Å². The van der Waals surface area contributed by atoms with Crippen LogP contribution in [0.15, 0.2) is 213 Å². The first-order valence-corrected chi connectivity index (χ1v) is 22.9. The number of nitriles is 1. The molecule has 0 bridgehead atoms. The van der Waals surface area contributed by atoms with Crippen molar-refractivity contribution in [2.45, 2.75) is 12.4 Å². The number of benzene rings is 8. The van der Waals surface area contributed by atoms with Gasteiger partial charge in [0, 0.05) is 56.2 Å². The zero-order chi connectivity index (χ0) is 49.3. The quantitative estimate of drug-likeness (QED) is 0.150. The van der Waals surface area contributed by atoms with Gasteiger partial charge in [-0.25, -0.2) is 0 Å². The number of halogens is 6. The lowest BCUT2D eigenvalue weighted by Gasteiger charge is -2.24. The van der Waals surface area contributed by atoms with Crippen LogP contribution in [-0.4, -0.2) is 19.1 Å². The third kappa shape index (κ3) is 7.35. The van der Waals surface area contributed by atoms with E-state index in [1.54, 1.807) is 35.2 Å². The van der Waals surface area contributed by atoms with Crippen molar-refractivity contribution in [3.05, 3.63) is 229 Å². The molecule has 0 aliphatic carbocycles. The average Bonchev–Trinajstić information content (AvgIpc) is 3.92. The minimum absolute atomic E-state index is 0.140. The Morgan fingerprint density at radius 3 is 1.33 bits per heavy atom. The van der Waals surface area contributed by atoms with E-state index < -0.39 is 34.6 Å². The summed E-state index contributed by atoms with van der Waals surface area (Å²) in [6.45, 7) is 0. The van der Waals surface area contributed by atoms with Crippen LogP contribution in [0.4, 0.5) is 26.3 Å². The molecule has 72 heavy (non-hydrogen) atoms. The lowest BCUT2D eigenvalue weighted by molar-refractivity contribution is -0.142. The minimum Gasteiger partial charge on any atom is -0.308 e. The molecule has 0 amide bonds. The molecule has 0 N–H and O–H groups in total. The standard InChI is InChI=1S/C61H35F6N5/c62-60(63,64)49-18-11-19-50(61(65,66)67)58(49)45-24-27-57(71-53-20-9-7-16-43(53)46-32-39(22-25-55(46)71)41-28-30-69-51(34-41)37-12-3-1-4-13-37)48(36-68)59(45)72-54-21-10-8-17-44(54)47-33-40(23-26-56(47)72)42-29-31-70-52(35-42)38-14-5-2-6-15-38/h1-35H. The zero-order valence-corrected chi connectivity index (χ0v) is 37.7. The van der Waals surface area contributed by atoms with Crippen molar-refractivity contribution in [1.82, 2.24) is 19.1 Å². The number of pyridine rings is 2. The Hall–Kier alpha value is -9.27. The van der Waals surface area contributed by atoms with Crippen LogP contribution in [0.5, 0.6) is 0 Å². The van der Waals surface area contributed by atoms with Crippen molar-refractivity contribution in [2.75, 3.05) is 0 Å². The molecule has 0 unspecified atom stereocenters. The van der Waals surface area contributed by atoms with Crippen LogP contribution < -0.4 is 0 Å². The molecule has 8 aromatic carbocycles. The van der Waals surface area contributed by atoms with Gasteiger partial charge in [-0.3, -0.25) is 9.97 Å². The third-order valence-electron chi connectivity index (χ3n) is 13.3. The van der Waals surface area contributed by atoms with E-state index >= 15 is 26.3 Å². The van der Waals surface area contributed by atoms with Crippen molar-refractivity contribution in [3.63, 3.8) is 0 Å². The van der Waals surface area contributed by atoms with Crippen molar-refractivity contribution in [2.24, 2.45) is 0 Å². The fraction of sp³-hybridized carbons (Fsp3) is 0.0328. The van der Waals surface area contributed by atoms with E-state index in [0.29, 0.717) is 45.0 Å². The maximum Gasteiger partial charge on any atom is 0.417 e. The summed E-state index contributed by atoms with van der Waals surface area (Å²) in [6, 6.07) is 60.7. The van der Waals surface area contributed by atoms with Gasteiger partial charge in [0.1, 0.15) is 11.6 Å². The largest absolute Gasteiger partial charge is 0.417 e. The van der Waals surface area contributed by atoms with Crippen molar-refractivity contribution < 1.29 is 26.3 Å². The van der Waals surface area contributed by atoms with Gasteiger partial charge in [0.25, 0.3) is 0 Å². The van der Waals surface area contributed by atoms with E-state index in [2.05, 4.69) is 16.0 Å². The molecule has 0 fully saturated rings. The first-order valence-electron chi connectivity index (χ1n) is 22.9. The number of aromatic nitrogens is 4. The van der Waals surface area contributed by atoms with E-state index in [9.17, 15) is 5.26 Å². The number of alkyl halides is 6. The Morgan fingerprint density at radius 1 is 0.389 bits per heavy atom. The van der Waals surface area contributed by atoms with E-state index in [-0.39, 0.29) is 16.9 Å². The molecule has 0 radical (unpaired) electrons. The smallest absolute Gasteiger partial charge is 0.308 e. The molecular formula is C61H35F6N5. The zero-order valence-electron chi connectivity index (χ0n) is 37.7. The Balaban J connectivity index is 1.14. The van der Waals surface area contributed by atoms with Crippen LogP contribution in [-0.2, 0) is 12.4 Å². The van der Waals surface area contributed by atoms with Gasteiger partial charge in [-0.2, -0.15) is 31.6 Å². The molecule has 0 saturated heterocycles. The van der Waals surface area contributed by atoms with Gasteiger partial charge in [0.15, 0.2) is 0 Å². The first kappa shape index (κ1) is 44.0. The molecular weight excluding hydrogens is 917 g/mol. The lowest BCUT2D eigenvalue weighted by atomic mass is 9.90. The van der Waals surface area contributed by atoms with E-state index in [1.807, 2.05) is 156 Å². The predicted molar refractivity (Wildman–Crippen MR) is 273 cm³/mol. The summed E-state index contributed by atoms with van der Waals surface area (Å²) >= 11 is 0. The normalized spacial score (nSPS) is 12.0. The first-order chi connectivity index (χ1) is 35.0. The maximum atomic E-state index is 15.3. The van der Waals surface area contributed by atoms with Crippen molar-refractivity contribution in [3.8, 4) is 73.3 Å². The van der Waals surface area contributed by atoms with Gasteiger partial charge in [0.05, 0.1) is 56.0 Å². The van der Waals surface area contributed by atoms with Crippen molar-refractivity contribution in [1.29, 1.82) is 5.26 Å². The van der Waals surface area contributed by atoms with Crippen LogP contribution in [0.1, 0.15) is 16.7 Å². The van der Waals surface area contributed by atoms with Gasteiger partial charge in [-0.15, -0.1) is 0 Å². The Morgan fingerprint density at radius 2 is 0.833 bits per heavy atom. The summed E-state index contributed by atoms with van der Waals surface area (Å²) in [5, 5.41) is 14.6. The highest BCUT2D eigenvalue weighted by molar-refractivity contribution is 6.13. The molecule has 0 saturated carbocycles. The van der Waals surface area contributed by atoms with Gasteiger partial charge in [0.2, 0.25) is 0 Å². The molecule has 346 valence electrons. The van der Waals surface area contributed by atoms with E-state index in [4.69, 9.17) is 0 Å². The second kappa shape index (κ2) is 17.0. The highest BCUT2D eigenvalue weighted by atomic mass is 19.4. The van der Waals surface area contributed by atoms with E-state index in [0.717, 1.165) is 61.6 Å². The molecule has 0 aliphatic rings. The van der Waals surface area contributed by atoms with Gasteiger partial charge >= 0.3 is 12.4 Å². The molecule has 11 heteroatoms. The number of rotatable bonds is 7. The molecule has 0 spiro atoms. The van der Waals surface area contributed by atoms with Gasteiger partial charge in [-0.05, 0) is 101 Å². The molecule has 4 aromatic heterocycles. The molecule has 0 atom stereocenters.